The molecular formula is C22H26N2O4. The molecule has 2 amide bonds. The Labute approximate surface area is 165 Å². The fourth-order valence-electron chi connectivity index (χ4n) is 3.45. The molecule has 148 valence electrons. The highest BCUT2D eigenvalue weighted by molar-refractivity contribution is 5.97. The van der Waals surface area contributed by atoms with Gasteiger partial charge in [-0.05, 0) is 37.6 Å². The van der Waals surface area contributed by atoms with Gasteiger partial charge >= 0.3 is 0 Å². The molecule has 1 aliphatic rings. The topological polar surface area (TPSA) is 59.1 Å². The summed E-state index contributed by atoms with van der Waals surface area (Å²) in [6.45, 7) is 5.98. The van der Waals surface area contributed by atoms with Crippen LogP contribution < -0.4 is 9.47 Å². The van der Waals surface area contributed by atoms with Gasteiger partial charge in [0.15, 0.2) is 0 Å². The van der Waals surface area contributed by atoms with E-state index in [9.17, 15) is 9.59 Å². The van der Waals surface area contributed by atoms with E-state index in [0.29, 0.717) is 43.2 Å². The molecule has 0 bridgehead atoms. The third kappa shape index (κ3) is 4.11. The van der Waals surface area contributed by atoms with E-state index < -0.39 is 0 Å². The standard InChI is InChI=1S/C22H26N2O4/c1-15-5-6-20(16(2)11-15)22(26)24-9-7-23(8-10-24)21(25)17-12-18(27-3)14-19(13-17)28-4/h5-6,11-14H,7-10H2,1-4H3. The molecule has 1 heterocycles. The summed E-state index contributed by atoms with van der Waals surface area (Å²) in [6.07, 6.45) is 0. The lowest BCUT2D eigenvalue weighted by Gasteiger charge is -2.35. The first-order valence-corrected chi connectivity index (χ1v) is 9.32. The third-order valence-electron chi connectivity index (χ3n) is 5.06. The van der Waals surface area contributed by atoms with Crippen molar-refractivity contribution in [3.8, 4) is 11.5 Å². The quantitative estimate of drug-likeness (QED) is 0.816. The van der Waals surface area contributed by atoms with Crippen molar-refractivity contribution in [3.63, 3.8) is 0 Å². The summed E-state index contributed by atoms with van der Waals surface area (Å²) < 4.78 is 10.5. The maximum atomic E-state index is 12.9. The SMILES string of the molecule is COc1cc(OC)cc(C(=O)N2CCN(C(=O)c3ccc(C)cc3C)CC2)c1. The fourth-order valence-corrected chi connectivity index (χ4v) is 3.45. The monoisotopic (exact) mass is 382 g/mol. The number of methoxy groups -OCH3 is 2. The van der Waals surface area contributed by atoms with E-state index in [0.717, 1.165) is 16.7 Å². The minimum absolute atomic E-state index is 0.0210. The smallest absolute Gasteiger partial charge is 0.254 e. The van der Waals surface area contributed by atoms with Gasteiger partial charge in [0.1, 0.15) is 11.5 Å². The predicted octanol–water partition coefficient (Wildman–Crippen LogP) is 2.92. The molecule has 2 aromatic rings. The Morgan fingerprint density at radius 2 is 1.32 bits per heavy atom. The maximum Gasteiger partial charge on any atom is 0.254 e. The zero-order valence-corrected chi connectivity index (χ0v) is 16.8. The van der Waals surface area contributed by atoms with Gasteiger partial charge in [-0.2, -0.15) is 0 Å². The maximum absolute atomic E-state index is 12.9. The number of carbonyl (C=O) groups excluding carboxylic acids is 2. The van der Waals surface area contributed by atoms with E-state index in [1.54, 1.807) is 37.3 Å². The lowest BCUT2D eigenvalue weighted by Crippen LogP contribution is -2.50. The average Bonchev–Trinajstić information content (AvgIpc) is 2.72. The molecule has 6 nitrogen and oxygen atoms in total. The molecule has 2 aromatic carbocycles. The summed E-state index contributed by atoms with van der Waals surface area (Å²) in [7, 11) is 3.11. The third-order valence-corrected chi connectivity index (χ3v) is 5.06. The summed E-state index contributed by atoms with van der Waals surface area (Å²) >= 11 is 0. The van der Waals surface area contributed by atoms with E-state index in [-0.39, 0.29) is 11.8 Å². The molecule has 28 heavy (non-hydrogen) atoms. The number of ether oxygens (including phenoxy) is 2. The van der Waals surface area contributed by atoms with Gasteiger partial charge in [-0.3, -0.25) is 9.59 Å². The molecule has 1 aliphatic heterocycles. The summed E-state index contributed by atoms with van der Waals surface area (Å²) in [4.78, 5) is 29.3. The second-order valence-electron chi connectivity index (χ2n) is 7.00. The number of hydrogen-bond acceptors (Lipinski definition) is 4. The van der Waals surface area contributed by atoms with Crippen LogP contribution in [0.15, 0.2) is 36.4 Å². The number of aryl methyl sites for hydroxylation is 2. The van der Waals surface area contributed by atoms with Crippen LogP contribution in [0.3, 0.4) is 0 Å². The van der Waals surface area contributed by atoms with Crippen LogP contribution in [0.1, 0.15) is 31.8 Å². The van der Waals surface area contributed by atoms with E-state index in [1.165, 1.54) is 0 Å². The highest BCUT2D eigenvalue weighted by atomic mass is 16.5. The normalized spacial score (nSPS) is 14.0. The number of hydrogen-bond donors (Lipinski definition) is 0. The summed E-state index contributed by atoms with van der Waals surface area (Å²) in [5, 5.41) is 0. The van der Waals surface area contributed by atoms with Crippen molar-refractivity contribution in [1.29, 1.82) is 0 Å². The molecule has 0 aromatic heterocycles. The van der Waals surface area contributed by atoms with Crippen LogP contribution >= 0.6 is 0 Å². The number of rotatable bonds is 4. The molecule has 1 saturated heterocycles. The average molecular weight is 382 g/mol. The molecule has 0 radical (unpaired) electrons. The van der Waals surface area contributed by atoms with Crippen molar-refractivity contribution in [2.75, 3.05) is 40.4 Å². The molecule has 0 N–H and O–H groups in total. The second-order valence-corrected chi connectivity index (χ2v) is 7.00. The summed E-state index contributed by atoms with van der Waals surface area (Å²) in [6, 6.07) is 11.0. The van der Waals surface area contributed by atoms with Crippen molar-refractivity contribution in [2.24, 2.45) is 0 Å². The molecule has 0 unspecified atom stereocenters. The molecule has 0 aliphatic carbocycles. The Hall–Kier alpha value is -3.02. The van der Waals surface area contributed by atoms with E-state index in [1.807, 2.05) is 36.9 Å². The van der Waals surface area contributed by atoms with Crippen LogP contribution in [0.4, 0.5) is 0 Å². The number of amides is 2. The van der Waals surface area contributed by atoms with Crippen molar-refractivity contribution >= 4 is 11.8 Å². The molecule has 0 saturated carbocycles. The van der Waals surface area contributed by atoms with Gasteiger partial charge in [0.05, 0.1) is 14.2 Å². The van der Waals surface area contributed by atoms with Gasteiger partial charge in [0, 0.05) is 43.4 Å². The molecule has 0 atom stereocenters. The zero-order chi connectivity index (χ0) is 20.3. The van der Waals surface area contributed by atoms with E-state index in [2.05, 4.69) is 0 Å². The lowest BCUT2D eigenvalue weighted by molar-refractivity contribution is 0.0534. The molecule has 0 spiro atoms. The first-order valence-electron chi connectivity index (χ1n) is 9.32. The Kier molecular flexibility index (Phi) is 5.87. The molecule has 6 heteroatoms. The predicted molar refractivity (Wildman–Crippen MR) is 107 cm³/mol. The van der Waals surface area contributed by atoms with Gasteiger partial charge in [-0.15, -0.1) is 0 Å². The van der Waals surface area contributed by atoms with Crippen LogP contribution in [0.5, 0.6) is 11.5 Å². The first-order chi connectivity index (χ1) is 13.4. The van der Waals surface area contributed by atoms with Gasteiger partial charge < -0.3 is 19.3 Å². The largest absolute Gasteiger partial charge is 0.497 e. The van der Waals surface area contributed by atoms with Crippen LogP contribution in [0.2, 0.25) is 0 Å². The molecule has 1 fully saturated rings. The number of piperazine rings is 1. The molecular weight excluding hydrogens is 356 g/mol. The number of benzene rings is 2. The Bertz CT molecular complexity index is 864. The number of carbonyl (C=O) groups is 2. The minimum atomic E-state index is -0.0872. The van der Waals surface area contributed by atoms with Crippen LogP contribution in [-0.2, 0) is 0 Å². The van der Waals surface area contributed by atoms with E-state index in [4.69, 9.17) is 9.47 Å². The Morgan fingerprint density at radius 3 is 1.82 bits per heavy atom. The minimum Gasteiger partial charge on any atom is -0.497 e. The zero-order valence-electron chi connectivity index (χ0n) is 16.8. The number of nitrogens with zero attached hydrogens (tertiary/aromatic N) is 2. The van der Waals surface area contributed by atoms with Crippen molar-refractivity contribution < 1.29 is 19.1 Å². The van der Waals surface area contributed by atoms with Crippen molar-refractivity contribution in [2.45, 2.75) is 13.8 Å². The summed E-state index contributed by atoms with van der Waals surface area (Å²) in [5.41, 5.74) is 3.36. The van der Waals surface area contributed by atoms with Gasteiger partial charge in [-0.1, -0.05) is 17.7 Å². The van der Waals surface area contributed by atoms with Gasteiger partial charge in [0.25, 0.3) is 11.8 Å². The van der Waals surface area contributed by atoms with Gasteiger partial charge in [0.2, 0.25) is 0 Å². The van der Waals surface area contributed by atoms with E-state index >= 15 is 0 Å². The fraction of sp³-hybridized carbons (Fsp3) is 0.364. The highest BCUT2D eigenvalue weighted by Crippen LogP contribution is 2.24. The first kappa shape index (κ1) is 19.7. The lowest BCUT2D eigenvalue weighted by atomic mass is 10.0. The van der Waals surface area contributed by atoms with Crippen molar-refractivity contribution in [3.05, 3.63) is 58.7 Å². The highest BCUT2D eigenvalue weighted by Gasteiger charge is 2.26. The van der Waals surface area contributed by atoms with Crippen LogP contribution in [0, 0.1) is 13.8 Å². The Morgan fingerprint density at radius 1 is 0.786 bits per heavy atom. The van der Waals surface area contributed by atoms with Crippen LogP contribution in [-0.4, -0.2) is 62.0 Å². The van der Waals surface area contributed by atoms with Gasteiger partial charge in [-0.25, -0.2) is 0 Å². The summed E-state index contributed by atoms with van der Waals surface area (Å²) in [5.74, 6) is 1.08. The Balaban J connectivity index is 1.68. The molecule has 3 rings (SSSR count). The second kappa shape index (κ2) is 8.33. The van der Waals surface area contributed by atoms with Crippen LogP contribution in [0.25, 0.3) is 0 Å². The van der Waals surface area contributed by atoms with Crippen molar-refractivity contribution in [1.82, 2.24) is 9.80 Å².